The molecule has 2 unspecified atom stereocenters. The number of rotatable bonds is 1. The van der Waals surface area contributed by atoms with E-state index >= 15 is 0 Å². The quantitative estimate of drug-likeness (QED) is 0.862. The molecule has 1 aliphatic carbocycles. The van der Waals surface area contributed by atoms with Gasteiger partial charge in [-0.1, -0.05) is 35.5 Å². The summed E-state index contributed by atoms with van der Waals surface area (Å²) < 4.78 is 39.0. The fourth-order valence-corrected chi connectivity index (χ4v) is 2.82. The summed E-state index contributed by atoms with van der Waals surface area (Å²) in [6, 6.07) is 9.30. The van der Waals surface area contributed by atoms with E-state index in [1.54, 1.807) is 6.08 Å². The van der Waals surface area contributed by atoms with Crippen LogP contribution in [0.5, 0.6) is 0 Å². The highest BCUT2D eigenvalue weighted by molar-refractivity contribution is 6.06. The third-order valence-corrected chi connectivity index (χ3v) is 3.90. The van der Waals surface area contributed by atoms with E-state index in [0.29, 0.717) is 18.4 Å². The molecule has 1 heterocycles. The van der Waals surface area contributed by atoms with Gasteiger partial charge in [-0.3, -0.25) is 0 Å². The molecule has 2 atom stereocenters. The number of halogens is 3. The van der Waals surface area contributed by atoms with Crippen molar-refractivity contribution in [2.45, 2.75) is 31.2 Å². The highest BCUT2D eigenvalue weighted by Crippen LogP contribution is 2.47. The molecule has 1 fully saturated rings. The molecule has 112 valence electrons. The number of allylic oxidation sites excluding steroid dienone is 1. The summed E-state index contributed by atoms with van der Waals surface area (Å²) in [7, 11) is 0. The number of hydrogen-bond acceptors (Lipinski definition) is 3. The van der Waals surface area contributed by atoms with Crippen LogP contribution in [0.2, 0.25) is 0 Å². The monoisotopic (exact) mass is 297 g/mol. The Hall–Kier alpha value is -1.82. The van der Waals surface area contributed by atoms with E-state index in [0.717, 1.165) is 5.56 Å². The maximum absolute atomic E-state index is 13.0. The van der Waals surface area contributed by atoms with Crippen LogP contribution in [0.3, 0.4) is 0 Å². The largest absolute Gasteiger partial charge is 0.458 e. The van der Waals surface area contributed by atoms with Gasteiger partial charge in [-0.2, -0.15) is 13.2 Å². The van der Waals surface area contributed by atoms with Gasteiger partial charge in [0.1, 0.15) is 0 Å². The Morgan fingerprint density at radius 2 is 2.00 bits per heavy atom. The minimum atomic E-state index is -4.86. The van der Waals surface area contributed by atoms with Crippen LogP contribution in [-0.2, 0) is 4.84 Å². The Bertz CT molecular complexity index is 595. The molecule has 21 heavy (non-hydrogen) atoms. The van der Waals surface area contributed by atoms with Gasteiger partial charge < -0.3 is 9.94 Å². The van der Waals surface area contributed by atoms with Gasteiger partial charge in [0.05, 0.1) is 11.6 Å². The van der Waals surface area contributed by atoms with Crippen molar-refractivity contribution in [3.05, 3.63) is 41.5 Å². The molecule has 1 N–H and O–H groups in total. The standard InChI is InChI=1S/C15H14F3NO2/c16-15(17,18)14(20)12-8-4-7-11(13(12)19-21-14)9-10-5-2-1-3-6-10/h1-3,5-6,9,12,20H,4,7-8H2. The first-order valence-electron chi connectivity index (χ1n) is 6.73. The van der Waals surface area contributed by atoms with Crippen molar-refractivity contribution < 1.29 is 23.1 Å². The number of benzene rings is 1. The minimum absolute atomic E-state index is 0.209. The van der Waals surface area contributed by atoms with Gasteiger partial charge >= 0.3 is 12.0 Å². The second kappa shape index (κ2) is 4.87. The smallest absolute Gasteiger partial charge is 0.349 e. The minimum Gasteiger partial charge on any atom is -0.349 e. The molecule has 0 bridgehead atoms. The molecule has 0 amide bonds. The van der Waals surface area contributed by atoms with Crippen molar-refractivity contribution in [3.63, 3.8) is 0 Å². The van der Waals surface area contributed by atoms with Crippen molar-refractivity contribution in [1.82, 2.24) is 0 Å². The van der Waals surface area contributed by atoms with Gasteiger partial charge in [0.15, 0.2) is 0 Å². The summed E-state index contributed by atoms with van der Waals surface area (Å²) in [4.78, 5) is 4.40. The molecule has 0 radical (unpaired) electrons. The Morgan fingerprint density at radius 3 is 2.67 bits per heavy atom. The summed E-state index contributed by atoms with van der Waals surface area (Å²) in [5.74, 6) is -4.35. The lowest BCUT2D eigenvalue weighted by Gasteiger charge is -2.32. The molecular formula is C15H14F3NO2. The first-order valence-corrected chi connectivity index (χ1v) is 6.73. The number of alkyl halides is 3. The zero-order valence-corrected chi connectivity index (χ0v) is 11.1. The number of nitrogens with zero attached hydrogens (tertiary/aromatic N) is 1. The summed E-state index contributed by atoms with van der Waals surface area (Å²) in [5.41, 5.74) is 1.79. The van der Waals surface area contributed by atoms with Crippen molar-refractivity contribution in [2.75, 3.05) is 0 Å². The van der Waals surface area contributed by atoms with Crippen LogP contribution in [0.1, 0.15) is 24.8 Å². The summed E-state index contributed by atoms with van der Waals surface area (Å²) in [6.45, 7) is 0. The van der Waals surface area contributed by atoms with Gasteiger partial charge in [-0.05, 0) is 36.5 Å². The van der Waals surface area contributed by atoms with E-state index in [1.807, 2.05) is 30.3 Å². The first kappa shape index (κ1) is 14.1. The lowest BCUT2D eigenvalue weighted by atomic mass is 9.78. The van der Waals surface area contributed by atoms with Crippen molar-refractivity contribution >= 4 is 11.8 Å². The zero-order valence-electron chi connectivity index (χ0n) is 11.1. The van der Waals surface area contributed by atoms with Crippen LogP contribution in [0, 0.1) is 5.92 Å². The van der Waals surface area contributed by atoms with Crippen LogP contribution in [0.15, 0.2) is 41.1 Å². The number of hydrogen-bond donors (Lipinski definition) is 1. The third-order valence-electron chi connectivity index (χ3n) is 3.90. The maximum Gasteiger partial charge on any atom is 0.458 e. The van der Waals surface area contributed by atoms with E-state index in [9.17, 15) is 18.3 Å². The second-order valence-electron chi connectivity index (χ2n) is 5.29. The Balaban J connectivity index is 1.93. The van der Waals surface area contributed by atoms with Crippen molar-refractivity contribution in [1.29, 1.82) is 0 Å². The van der Waals surface area contributed by atoms with Crippen LogP contribution in [0.4, 0.5) is 13.2 Å². The average molecular weight is 297 g/mol. The molecule has 0 saturated heterocycles. The second-order valence-corrected chi connectivity index (χ2v) is 5.29. The van der Waals surface area contributed by atoms with E-state index in [2.05, 4.69) is 9.99 Å². The maximum atomic E-state index is 13.0. The first-order chi connectivity index (χ1) is 9.92. The van der Waals surface area contributed by atoms with Crippen LogP contribution in [0.25, 0.3) is 6.08 Å². The average Bonchev–Trinajstić information content (AvgIpc) is 2.80. The van der Waals surface area contributed by atoms with E-state index < -0.39 is 17.9 Å². The van der Waals surface area contributed by atoms with Crippen molar-refractivity contribution in [2.24, 2.45) is 11.1 Å². The molecule has 1 aromatic carbocycles. The van der Waals surface area contributed by atoms with E-state index in [-0.39, 0.29) is 12.1 Å². The molecule has 0 spiro atoms. The van der Waals surface area contributed by atoms with E-state index in [4.69, 9.17) is 0 Å². The van der Waals surface area contributed by atoms with Gasteiger partial charge in [-0.25, -0.2) is 0 Å². The molecule has 1 aromatic rings. The molecule has 3 nitrogen and oxygen atoms in total. The zero-order chi connectivity index (χ0) is 15.1. The summed E-state index contributed by atoms with van der Waals surface area (Å²) in [6.07, 6.45) is -1.67. The summed E-state index contributed by atoms with van der Waals surface area (Å²) >= 11 is 0. The normalized spacial score (nSPS) is 30.8. The molecule has 6 heteroatoms. The fourth-order valence-electron chi connectivity index (χ4n) is 2.82. The predicted octanol–water partition coefficient (Wildman–Crippen LogP) is 3.51. The molecule has 0 aromatic heterocycles. The highest BCUT2D eigenvalue weighted by atomic mass is 19.4. The number of aliphatic hydroxyl groups is 1. The SMILES string of the molecule is OC1(C(F)(F)F)ON=C2C(=Cc3ccccc3)CCCC21. The number of oxime groups is 1. The van der Waals surface area contributed by atoms with Crippen LogP contribution in [-0.4, -0.2) is 22.8 Å². The topological polar surface area (TPSA) is 41.8 Å². The molecular weight excluding hydrogens is 283 g/mol. The molecule has 3 rings (SSSR count). The summed E-state index contributed by atoms with van der Waals surface area (Å²) in [5, 5.41) is 13.4. The van der Waals surface area contributed by atoms with Gasteiger partial charge in [0.2, 0.25) is 0 Å². The van der Waals surface area contributed by atoms with Gasteiger partial charge in [0.25, 0.3) is 0 Å². The predicted molar refractivity (Wildman–Crippen MR) is 71.3 cm³/mol. The number of fused-ring (bicyclic) bond motifs is 1. The highest BCUT2D eigenvalue weighted by Gasteiger charge is 2.66. The Labute approximate surface area is 119 Å². The third kappa shape index (κ3) is 2.33. The fraction of sp³-hybridized carbons (Fsp3) is 0.400. The van der Waals surface area contributed by atoms with Crippen molar-refractivity contribution in [3.8, 4) is 0 Å². The van der Waals surface area contributed by atoms with Crippen LogP contribution >= 0.6 is 0 Å². The lowest BCUT2D eigenvalue weighted by Crippen LogP contribution is -2.52. The lowest BCUT2D eigenvalue weighted by molar-refractivity contribution is -0.370. The van der Waals surface area contributed by atoms with E-state index in [1.165, 1.54) is 0 Å². The van der Waals surface area contributed by atoms with Gasteiger partial charge in [0, 0.05) is 0 Å². The van der Waals surface area contributed by atoms with Gasteiger partial charge in [-0.15, -0.1) is 0 Å². The molecule has 1 aliphatic heterocycles. The Morgan fingerprint density at radius 1 is 1.29 bits per heavy atom. The Kier molecular flexibility index (Phi) is 3.28. The molecule has 1 saturated carbocycles. The van der Waals surface area contributed by atoms with Crippen LogP contribution < -0.4 is 0 Å². The molecule has 2 aliphatic rings.